The van der Waals surface area contributed by atoms with Gasteiger partial charge in [-0.25, -0.2) is 4.79 Å². The predicted molar refractivity (Wildman–Crippen MR) is 67.8 cm³/mol. The van der Waals surface area contributed by atoms with Gasteiger partial charge in [-0.05, 0) is 31.2 Å². The van der Waals surface area contributed by atoms with Gasteiger partial charge in [0.05, 0.1) is 5.69 Å². The van der Waals surface area contributed by atoms with E-state index in [0.717, 1.165) is 25.6 Å². The Kier molecular flexibility index (Phi) is 4.52. The lowest BCUT2D eigenvalue weighted by Gasteiger charge is -2.09. The van der Waals surface area contributed by atoms with Gasteiger partial charge in [0.25, 0.3) is 0 Å². The monoisotopic (exact) mass is 250 g/mol. The molecule has 0 amide bonds. The van der Waals surface area contributed by atoms with Crippen LogP contribution in [0.3, 0.4) is 0 Å². The third-order valence-electron chi connectivity index (χ3n) is 2.88. The Bertz CT molecular complexity index is 405. The molecule has 0 saturated heterocycles. The largest absolute Gasteiger partial charge is 0.478 e. The molecule has 0 spiro atoms. The molecule has 2 N–H and O–H groups in total. The van der Waals surface area contributed by atoms with Crippen LogP contribution in [0.15, 0.2) is 18.5 Å². The summed E-state index contributed by atoms with van der Waals surface area (Å²) in [5.74, 6) is -0.174. The van der Waals surface area contributed by atoms with E-state index in [1.54, 1.807) is 12.3 Å². The summed E-state index contributed by atoms with van der Waals surface area (Å²) in [5.41, 5.74) is 0.816. The molecule has 1 aliphatic carbocycles. The maximum atomic E-state index is 10.9. The van der Waals surface area contributed by atoms with Crippen molar-refractivity contribution in [3.8, 4) is 0 Å². The van der Waals surface area contributed by atoms with Gasteiger partial charge in [0.1, 0.15) is 5.56 Å². The fourth-order valence-electron chi connectivity index (χ4n) is 1.65. The molecule has 1 aromatic heterocycles. The molecule has 1 aliphatic rings. The summed E-state index contributed by atoms with van der Waals surface area (Å²) in [7, 11) is 0. The summed E-state index contributed by atoms with van der Waals surface area (Å²) in [6.45, 7) is 2.29. The molecule has 0 aromatic carbocycles. The van der Waals surface area contributed by atoms with Gasteiger partial charge in [-0.3, -0.25) is 4.98 Å². The molecule has 1 fully saturated rings. The quantitative estimate of drug-likeness (QED) is 0.690. The first-order chi connectivity index (χ1) is 8.77. The van der Waals surface area contributed by atoms with E-state index < -0.39 is 5.97 Å². The highest BCUT2D eigenvalue weighted by molar-refractivity contribution is 5.93. The van der Waals surface area contributed by atoms with Crippen molar-refractivity contribution in [1.82, 2.24) is 4.98 Å². The lowest BCUT2D eigenvalue weighted by molar-refractivity contribution is 0.0697. The van der Waals surface area contributed by atoms with Crippen LogP contribution < -0.4 is 5.32 Å². The van der Waals surface area contributed by atoms with Crippen molar-refractivity contribution in [3.05, 3.63) is 24.0 Å². The minimum atomic E-state index is -0.962. The number of pyridine rings is 1. The number of aromatic nitrogens is 1. The molecular formula is C13H18N2O3. The molecule has 2 rings (SSSR count). The first kappa shape index (κ1) is 12.8. The van der Waals surface area contributed by atoms with E-state index in [4.69, 9.17) is 9.84 Å². The molecular weight excluding hydrogens is 232 g/mol. The molecule has 0 unspecified atom stereocenters. The van der Waals surface area contributed by atoms with Crippen LogP contribution in [-0.4, -0.2) is 35.8 Å². The highest BCUT2D eigenvalue weighted by atomic mass is 16.5. The summed E-state index contributed by atoms with van der Waals surface area (Å²) in [6.07, 6.45) is 6.41. The first-order valence-corrected chi connectivity index (χ1v) is 6.26. The molecule has 98 valence electrons. The van der Waals surface area contributed by atoms with Crippen LogP contribution in [0.25, 0.3) is 0 Å². The molecule has 5 heteroatoms. The van der Waals surface area contributed by atoms with Gasteiger partial charge in [-0.2, -0.15) is 0 Å². The Labute approximate surface area is 106 Å². The predicted octanol–water partition coefficient (Wildman–Crippen LogP) is 2.01. The summed E-state index contributed by atoms with van der Waals surface area (Å²) < 4.78 is 5.50. The fraction of sp³-hybridized carbons (Fsp3) is 0.538. The number of anilines is 1. The third kappa shape index (κ3) is 4.00. The average Bonchev–Trinajstić information content (AvgIpc) is 3.18. The molecule has 0 radical (unpaired) electrons. The average molecular weight is 250 g/mol. The van der Waals surface area contributed by atoms with Crippen LogP contribution >= 0.6 is 0 Å². The number of nitrogens with one attached hydrogen (secondary N) is 1. The number of carboxylic acid groups (broad SMARTS) is 1. The van der Waals surface area contributed by atoms with Gasteiger partial charge in [-0.1, -0.05) is 0 Å². The summed E-state index contributed by atoms with van der Waals surface area (Å²) in [4.78, 5) is 14.7. The van der Waals surface area contributed by atoms with Gasteiger partial charge in [0, 0.05) is 32.2 Å². The summed E-state index contributed by atoms with van der Waals surface area (Å²) >= 11 is 0. The number of rotatable bonds is 8. The molecule has 1 saturated carbocycles. The normalized spacial score (nSPS) is 14.4. The Hall–Kier alpha value is -1.62. The standard InChI is InChI=1S/C13H18N2O3/c16-13(17)11-8-14-6-4-12(11)15-5-1-7-18-9-10-2-3-10/h4,6,8,10H,1-3,5,7,9H2,(H,14,15)(H,16,17). The van der Waals surface area contributed by atoms with Crippen LogP contribution in [-0.2, 0) is 4.74 Å². The van der Waals surface area contributed by atoms with Gasteiger partial charge in [-0.15, -0.1) is 0 Å². The molecule has 0 aliphatic heterocycles. The lowest BCUT2D eigenvalue weighted by atomic mass is 10.2. The maximum absolute atomic E-state index is 10.9. The zero-order valence-corrected chi connectivity index (χ0v) is 10.3. The van der Waals surface area contributed by atoms with Crippen molar-refractivity contribution in [2.24, 2.45) is 5.92 Å². The van der Waals surface area contributed by atoms with Crippen molar-refractivity contribution < 1.29 is 14.6 Å². The minimum Gasteiger partial charge on any atom is -0.478 e. The number of hydrogen-bond acceptors (Lipinski definition) is 4. The Morgan fingerprint density at radius 3 is 3.11 bits per heavy atom. The van der Waals surface area contributed by atoms with E-state index in [-0.39, 0.29) is 5.56 Å². The molecule has 5 nitrogen and oxygen atoms in total. The van der Waals surface area contributed by atoms with Crippen molar-refractivity contribution in [3.63, 3.8) is 0 Å². The third-order valence-corrected chi connectivity index (χ3v) is 2.88. The Balaban J connectivity index is 1.67. The van der Waals surface area contributed by atoms with E-state index in [0.29, 0.717) is 12.2 Å². The van der Waals surface area contributed by atoms with Crippen molar-refractivity contribution >= 4 is 11.7 Å². The van der Waals surface area contributed by atoms with Gasteiger partial charge >= 0.3 is 5.97 Å². The highest BCUT2D eigenvalue weighted by Crippen LogP contribution is 2.28. The van der Waals surface area contributed by atoms with Crippen molar-refractivity contribution in [1.29, 1.82) is 0 Å². The van der Waals surface area contributed by atoms with Crippen molar-refractivity contribution in [2.45, 2.75) is 19.3 Å². The summed E-state index contributed by atoms with van der Waals surface area (Å²) in [5, 5.41) is 12.1. The number of carboxylic acids is 1. The van der Waals surface area contributed by atoms with Crippen molar-refractivity contribution in [2.75, 3.05) is 25.1 Å². The fourth-order valence-corrected chi connectivity index (χ4v) is 1.65. The second kappa shape index (κ2) is 6.35. The smallest absolute Gasteiger partial charge is 0.339 e. The number of hydrogen-bond donors (Lipinski definition) is 2. The van der Waals surface area contributed by atoms with Crippen LogP contribution in [0.2, 0.25) is 0 Å². The lowest BCUT2D eigenvalue weighted by Crippen LogP contribution is -2.10. The van der Waals surface area contributed by atoms with Crippen LogP contribution in [0, 0.1) is 5.92 Å². The SMILES string of the molecule is O=C(O)c1cnccc1NCCCOCC1CC1. The Morgan fingerprint density at radius 2 is 2.39 bits per heavy atom. The van der Waals surface area contributed by atoms with Crippen LogP contribution in [0.1, 0.15) is 29.6 Å². The van der Waals surface area contributed by atoms with Gasteiger partial charge < -0.3 is 15.2 Å². The van der Waals surface area contributed by atoms with E-state index in [2.05, 4.69) is 10.3 Å². The highest BCUT2D eigenvalue weighted by Gasteiger charge is 2.20. The Morgan fingerprint density at radius 1 is 1.56 bits per heavy atom. The van der Waals surface area contributed by atoms with Gasteiger partial charge in [0.15, 0.2) is 0 Å². The van der Waals surface area contributed by atoms with Crippen LogP contribution in [0.5, 0.6) is 0 Å². The topological polar surface area (TPSA) is 71.5 Å². The molecule has 1 heterocycles. The number of nitrogens with zero attached hydrogens (tertiary/aromatic N) is 1. The molecule has 18 heavy (non-hydrogen) atoms. The van der Waals surface area contributed by atoms with Crippen LogP contribution in [0.4, 0.5) is 5.69 Å². The number of carbonyl (C=O) groups is 1. The first-order valence-electron chi connectivity index (χ1n) is 6.26. The molecule has 0 atom stereocenters. The van der Waals surface area contributed by atoms with E-state index >= 15 is 0 Å². The summed E-state index contributed by atoms with van der Waals surface area (Å²) in [6, 6.07) is 1.68. The van der Waals surface area contributed by atoms with E-state index in [1.807, 2.05) is 0 Å². The van der Waals surface area contributed by atoms with Gasteiger partial charge in [0.2, 0.25) is 0 Å². The van der Waals surface area contributed by atoms with E-state index in [9.17, 15) is 4.79 Å². The second-order valence-electron chi connectivity index (χ2n) is 4.53. The molecule has 0 bridgehead atoms. The zero-order chi connectivity index (χ0) is 12.8. The second-order valence-corrected chi connectivity index (χ2v) is 4.53. The minimum absolute atomic E-state index is 0.205. The number of ether oxygens (including phenoxy) is 1. The zero-order valence-electron chi connectivity index (χ0n) is 10.3. The molecule has 1 aromatic rings. The number of aromatic carboxylic acids is 1. The maximum Gasteiger partial charge on any atom is 0.339 e. The van der Waals surface area contributed by atoms with E-state index in [1.165, 1.54) is 19.0 Å².